The minimum atomic E-state index is -0.248. The van der Waals surface area contributed by atoms with Crippen LogP contribution in [0.1, 0.15) is 18.5 Å². The van der Waals surface area contributed by atoms with Crippen molar-refractivity contribution in [2.45, 2.75) is 13.0 Å². The second kappa shape index (κ2) is 6.02. The van der Waals surface area contributed by atoms with Gasteiger partial charge in [0.25, 0.3) is 0 Å². The molecule has 0 bridgehead atoms. The zero-order valence-electron chi connectivity index (χ0n) is 9.75. The van der Waals surface area contributed by atoms with Gasteiger partial charge in [0.15, 0.2) is 0 Å². The molecule has 1 N–H and O–H groups in total. The predicted molar refractivity (Wildman–Crippen MR) is 85.3 cm³/mol. The van der Waals surface area contributed by atoms with Gasteiger partial charge in [-0.05, 0) is 75.3 Å². The molecule has 1 atom stereocenters. The van der Waals surface area contributed by atoms with Crippen molar-refractivity contribution in [3.8, 4) is 0 Å². The van der Waals surface area contributed by atoms with Crippen molar-refractivity contribution < 1.29 is 4.39 Å². The highest BCUT2D eigenvalue weighted by molar-refractivity contribution is 14.1. The lowest BCUT2D eigenvalue weighted by Crippen LogP contribution is -2.08. The SMILES string of the molecule is CC(Nc1c(F)cccc1Br)c1ccc(I)cc1. The maximum atomic E-state index is 13.7. The summed E-state index contributed by atoms with van der Waals surface area (Å²) in [6.45, 7) is 2.01. The molecule has 2 aromatic rings. The number of benzene rings is 2. The van der Waals surface area contributed by atoms with Crippen LogP contribution in [-0.4, -0.2) is 0 Å². The quantitative estimate of drug-likeness (QED) is 0.660. The third-order valence-electron chi connectivity index (χ3n) is 2.69. The lowest BCUT2D eigenvalue weighted by atomic mass is 10.1. The van der Waals surface area contributed by atoms with E-state index in [1.807, 2.05) is 37.3 Å². The molecule has 2 aromatic carbocycles. The van der Waals surface area contributed by atoms with Gasteiger partial charge in [0.2, 0.25) is 0 Å². The van der Waals surface area contributed by atoms with E-state index in [4.69, 9.17) is 0 Å². The average Bonchev–Trinajstić information content (AvgIpc) is 2.34. The highest BCUT2D eigenvalue weighted by Crippen LogP contribution is 2.29. The van der Waals surface area contributed by atoms with E-state index in [0.717, 1.165) is 10.0 Å². The highest BCUT2D eigenvalue weighted by atomic mass is 127. The van der Waals surface area contributed by atoms with Gasteiger partial charge in [-0.3, -0.25) is 0 Å². The van der Waals surface area contributed by atoms with Crippen molar-refractivity contribution in [3.63, 3.8) is 0 Å². The van der Waals surface area contributed by atoms with E-state index < -0.39 is 0 Å². The van der Waals surface area contributed by atoms with Gasteiger partial charge in [0.05, 0.1) is 5.69 Å². The third-order valence-corrected chi connectivity index (χ3v) is 4.07. The topological polar surface area (TPSA) is 12.0 Å². The monoisotopic (exact) mass is 419 g/mol. The Morgan fingerprint density at radius 2 is 1.83 bits per heavy atom. The van der Waals surface area contributed by atoms with E-state index >= 15 is 0 Å². The first-order chi connectivity index (χ1) is 8.58. The van der Waals surface area contributed by atoms with E-state index in [2.05, 4.69) is 43.8 Å². The molecule has 0 aliphatic rings. The Labute approximate surface area is 128 Å². The van der Waals surface area contributed by atoms with Gasteiger partial charge in [-0.1, -0.05) is 18.2 Å². The van der Waals surface area contributed by atoms with E-state index in [1.165, 1.54) is 9.64 Å². The summed E-state index contributed by atoms with van der Waals surface area (Å²) in [6.07, 6.45) is 0. The van der Waals surface area contributed by atoms with E-state index in [-0.39, 0.29) is 11.9 Å². The van der Waals surface area contributed by atoms with Crippen LogP contribution in [0.4, 0.5) is 10.1 Å². The number of anilines is 1. The molecule has 0 spiro atoms. The summed E-state index contributed by atoms with van der Waals surface area (Å²) < 4.78 is 15.6. The van der Waals surface area contributed by atoms with Crippen LogP contribution in [0, 0.1) is 9.39 Å². The summed E-state index contributed by atoms with van der Waals surface area (Å²) in [4.78, 5) is 0. The van der Waals surface area contributed by atoms with Gasteiger partial charge in [0.1, 0.15) is 5.82 Å². The van der Waals surface area contributed by atoms with Crippen LogP contribution in [0.5, 0.6) is 0 Å². The first kappa shape index (κ1) is 13.8. The van der Waals surface area contributed by atoms with E-state index in [0.29, 0.717) is 5.69 Å². The third kappa shape index (κ3) is 3.23. The van der Waals surface area contributed by atoms with Crippen molar-refractivity contribution in [2.75, 3.05) is 5.32 Å². The molecule has 94 valence electrons. The second-order valence-electron chi connectivity index (χ2n) is 4.01. The summed E-state index contributed by atoms with van der Waals surface area (Å²) in [7, 11) is 0. The Kier molecular flexibility index (Phi) is 4.61. The largest absolute Gasteiger partial charge is 0.375 e. The molecule has 2 rings (SSSR count). The lowest BCUT2D eigenvalue weighted by molar-refractivity contribution is 0.626. The second-order valence-corrected chi connectivity index (χ2v) is 6.11. The standard InChI is InChI=1S/C14H12BrFIN/c1-9(10-5-7-11(17)8-6-10)18-14-12(15)3-2-4-13(14)16/h2-9,18H,1H3. The molecule has 0 radical (unpaired) electrons. The predicted octanol–water partition coefficient (Wildman–Crippen LogP) is 5.37. The van der Waals surface area contributed by atoms with Gasteiger partial charge < -0.3 is 5.32 Å². The minimum absolute atomic E-state index is 0.0511. The zero-order chi connectivity index (χ0) is 13.1. The number of halogens is 3. The molecular weight excluding hydrogens is 408 g/mol. The number of hydrogen-bond acceptors (Lipinski definition) is 1. The number of para-hydroxylation sites is 1. The molecule has 0 aliphatic heterocycles. The molecule has 1 nitrogen and oxygen atoms in total. The van der Waals surface area contributed by atoms with Crippen molar-refractivity contribution in [2.24, 2.45) is 0 Å². The van der Waals surface area contributed by atoms with E-state index in [1.54, 1.807) is 6.07 Å². The van der Waals surface area contributed by atoms with Crippen molar-refractivity contribution in [3.05, 3.63) is 61.9 Å². The van der Waals surface area contributed by atoms with Crippen LogP contribution >= 0.6 is 38.5 Å². The summed E-state index contributed by atoms with van der Waals surface area (Å²) in [5.74, 6) is -0.248. The number of hydrogen-bond donors (Lipinski definition) is 1. The summed E-state index contributed by atoms with van der Waals surface area (Å²) in [5, 5.41) is 3.19. The van der Waals surface area contributed by atoms with Gasteiger partial charge in [0, 0.05) is 14.1 Å². The van der Waals surface area contributed by atoms with Crippen molar-refractivity contribution in [1.29, 1.82) is 0 Å². The van der Waals surface area contributed by atoms with Crippen molar-refractivity contribution in [1.82, 2.24) is 0 Å². The van der Waals surface area contributed by atoms with Crippen LogP contribution in [0.25, 0.3) is 0 Å². The summed E-state index contributed by atoms with van der Waals surface area (Å²) in [5.41, 5.74) is 1.63. The molecule has 4 heteroatoms. The summed E-state index contributed by atoms with van der Waals surface area (Å²) >= 11 is 5.62. The smallest absolute Gasteiger partial charge is 0.147 e. The van der Waals surface area contributed by atoms with Crippen LogP contribution in [0.15, 0.2) is 46.9 Å². The Bertz CT molecular complexity index is 522. The first-order valence-corrected chi connectivity index (χ1v) is 7.41. The molecule has 1 unspecified atom stereocenters. The number of rotatable bonds is 3. The Hall–Kier alpha value is -0.620. The molecule has 0 fully saturated rings. The lowest BCUT2D eigenvalue weighted by Gasteiger charge is -2.17. The zero-order valence-corrected chi connectivity index (χ0v) is 13.5. The van der Waals surface area contributed by atoms with Crippen LogP contribution in [0.2, 0.25) is 0 Å². The molecule has 0 aromatic heterocycles. The maximum absolute atomic E-state index is 13.7. The minimum Gasteiger partial charge on any atom is -0.375 e. The molecular formula is C14H12BrFIN. The van der Waals surface area contributed by atoms with Gasteiger partial charge >= 0.3 is 0 Å². The molecule has 0 saturated heterocycles. The van der Waals surface area contributed by atoms with Crippen LogP contribution in [0.3, 0.4) is 0 Å². The van der Waals surface area contributed by atoms with Crippen LogP contribution in [-0.2, 0) is 0 Å². The van der Waals surface area contributed by atoms with E-state index in [9.17, 15) is 4.39 Å². The van der Waals surface area contributed by atoms with Crippen molar-refractivity contribution >= 4 is 44.2 Å². The first-order valence-electron chi connectivity index (χ1n) is 5.54. The normalized spacial score (nSPS) is 12.2. The Morgan fingerprint density at radius 1 is 1.17 bits per heavy atom. The Morgan fingerprint density at radius 3 is 2.44 bits per heavy atom. The highest BCUT2D eigenvalue weighted by Gasteiger charge is 2.11. The Balaban J connectivity index is 2.21. The van der Waals surface area contributed by atoms with Gasteiger partial charge in [-0.2, -0.15) is 0 Å². The van der Waals surface area contributed by atoms with Gasteiger partial charge in [-0.25, -0.2) is 4.39 Å². The van der Waals surface area contributed by atoms with Gasteiger partial charge in [-0.15, -0.1) is 0 Å². The fourth-order valence-corrected chi connectivity index (χ4v) is 2.50. The number of nitrogens with one attached hydrogen (secondary N) is 1. The molecule has 0 heterocycles. The fraction of sp³-hybridized carbons (Fsp3) is 0.143. The average molecular weight is 420 g/mol. The van der Waals surface area contributed by atoms with Crippen LogP contribution < -0.4 is 5.32 Å². The molecule has 0 saturated carbocycles. The molecule has 18 heavy (non-hydrogen) atoms. The summed E-state index contributed by atoms with van der Waals surface area (Å²) in [6, 6.07) is 13.2. The molecule has 0 amide bonds. The maximum Gasteiger partial charge on any atom is 0.147 e. The molecule has 0 aliphatic carbocycles. The fourth-order valence-electron chi connectivity index (χ4n) is 1.69.